The maximum atomic E-state index is 12.3. The molecule has 0 saturated carbocycles. The van der Waals surface area contributed by atoms with Gasteiger partial charge in [-0.15, -0.1) is 0 Å². The summed E-state index contributed by atoms with van der Waals surface area (Å²) < 4.78 is 10.7. The van der Waals surface area contributed by atoms with Gasteiger partial charge in [0.05, 0.1) is 7.11 Å². The number of benzene rings is 3. The molecule has 0 aliphatic rings. The molecule has 30 heavy (non-hydrogen) atoms. The molecule has 150 valence electrons. The van der Waals surface area contributed by atoms with Crippen LogP contribution in [0.3, 0.4) is 0 Å². The van der Waals surface area contributed by atoms with E-state index in [1.807, 2.05) is 49.4 Å². The summed E-state index contributed by atoms with van der Waals surface area (Å²) in [4.78, 5) is 24.4. The first kappa shape index (κ1) is 20.8. The molecule has 0 radical (unpaired) electrons. The van der Waals surface area contributed by atoms with E-state index >= 15 is 0 Å². The van der Waals surface area contributed by atoms with Crippen molar-refractivity contribution in [2.24, 2.45) is 0 Å². The first-order valence-electron chi connectivity index (χ1n) is 9.47. The number of ether oxygens (including phenoxy) is 2. The van der Waals surface area contributed by atoms with Crippen LogP contribution in [0.25, 0.3) is 12.2 Å². The van der Waals surface area contributed by atoms with Gasteiger partial charge in [-0.1, -0.05) is 72.3 Å². The summed E-state index contributed by atoms with van der Waals surface area (Å²) in [5.74, 6) is 0.120. The average Bonchev–Trinajstić information content (AvgIpc) is 2.78. The van der Waals surface area contributed by atoms with Gasteiger partial charge in [-0.25, -0.2) is 4.79 Å². The molecule has 0 aliphatic heterocycles. The van der Waals surface area contributed by atoms with Gasteiger partial charge < -0.3 is 9.47 Å². The summed E-state index contributed by atoms with van der Waals surface area (Å²) in [5, 5.41) is 0. The standard InChI is InChI=1S/C26H22O4/c1-19-8-13-22(14-9-19)23(27)15-10-21-11-16-24(25(18-21)29-2)30-26(28)17-12-20-6-4-3-5-7-20/h3-18H,1-2H3. The van der Waals surface area contributed by atoms with Crippen molar-refractivity contribution in [1.29, 1.82) is 0 Å². The summed E-state index contributed by atoms with van der Waals surface area (Å²) in [5.41, 5.74) is 3.38. The second kappa shape index (κ2) is 10.0. The van der Waals surface area contributed by atoms with E-state index in [1.165, 1.54) is 19.3 Å². The Balaban J connectivity index is 1.68. The van der Waals surface area contributed by atoms with Crippen molar-refractivity contribution in [3.05, 3.63) is 107 Å². The van der Waals surface area contributed by atoms with Crippen LogP contribution in [0, 0.1) is 6.92 Å². The predicted molar refractivity (Wildman–Crippen MR) is 119 cm³/mol. The van der Waals surface area contributed by atoms with Gasteiger partial charge in [0.2, 0.25) is 0 Å². The first-order chi connectivity index (χ1) is 14.5. The highest BCUT2D eigenvalue weighted by atomic mass is 16.6. The number of aryl methyl sites for hydroxylation is 1. The molecule has 0 spiro atoms. The minimum atomic E-state index is -0.505. The largest absolute Gasteiger partial charge is 0.493 e. The Morgan fingerprint density at radius 2 is 1.47 bits per heavy atom. The minimum Gasteiger partial charge on any atom is -0.493 e. The molecule has 0 bridgehead atoms. The number of carbonyl (C=O) groups excluding carboxylic acids is 2. The number of allylic oxidation sites excluding steroid dienone is 1. The zero-order valence-corrected chi connectivity index (χ0v) is 16.9. The lowest BCUT2D eigenvalue weighted by molar-refractivity contribution is -0.129. The Morgan fingerprint density at radius 3 is 2.17 bits per heavy atom. The summed E-state index contributed by atoms with van der Waals surface area (Å²) in [6.07, 6.45) is 6.25. The lowest BCUT2D eigenvalue weighted by Crippen LogP contribution is -2.05. The third-order valence-corrected chi connectivity index (χ3v) is 4.37. The highest BCUT2D eigenvalue weighted by Gasteiger charge is 2.09. The fraction of sp³-hybridized carbons (Fsp3) is 0.0769. The summed E-state index contributed by atoms with van der Waals surface area (Å²) in [7, 11) is 1.50. The lowest BCUT2D eigenvalue weighted by Gasteiger charge is -2.08. The van der Waals surface area contributed by atoms with Crippen molar-refractivity contribution in [1.82, 2.24) is 0 Å². The van der Waals surface area contributed by atoms with Crippen LogP contribution in [0.2, 0.25) is 0 Å². The van der Waals surface area contributed by atoms with E-state index in [2.05, 4.69) is 0 Å². The van der Waals surface area contributed by atoms with E-state index in [0.717, 1.165) is 16.7 Å². The molecule has 3 aromatic carbocycles. The predicted octanol–water partition coefficient (Wildman–Crippen LogP) is 5.52. The second-order valence-corrected chi connectivity index (χ2v) is 6.64. The topological polar surface area (TPSA) is 52.6 Å². The smallest absolute Gasteiger partial charge is 0.336 e. The third kappa shape index (κ3) is 5.79. The minimum absolute atomic E-state index is 0.0875. The maximum Gasteiger partial charge on any atom is 0.336 e. The van der Waals surface area contributed by atoms with Gasteiger partial charge in [-0.2, -0.15) is 0 Å². The molecular formula is C26H22O4. The highest BCUT2D eigenvalue weighted by molar-refractivity contribution is 6.06. The Morgan fingerprint density at radius 1 is 0.767 bits per heavy atom. The first-order valence-corrected chi connectivity index (χ1v) is 9.47. The molecule has 0 fully saturated rings. The number of carbonyl (C=O) groups is 2. The van der Waals surface area contributed by atoms with Crippen LogP contribution in [0.15, 0.2) is 84.9 Å². The lowest BCUT2D eigenvalue weighted by atomic mass is 10.1. The number of esters is 1. The van der Waals surface area contributed by atoms with Gasteiger partial charge in [-0.3, -0.25) is 4.79 Å². The quantitative estimate of drug-likeness (QED) is 0.228. The Labute approximate surface area is 176 Å². The number of hydrogen-bond acceptors (Lipinski definition) is 4. The zero-order chi connectivity index (χ0) is 21.3. The molecule has 0 unspecified atom stereocenters. The molecule has 0 aliphatic carbocycles. The van der Waals surface area contributed by atoms with Crippen molar-refractivity contribution >= 4 is 23.9 Å². The number of rotatable bonds is 7. The maximum absolute atomic E-state index is 12.3. The van der Waals surface area contributed by atoms with Crippen LogP contribution in [-0.4, -0.2) is 18.9 Å². The van der Waals surface area contributed by atoms with E-state index in [4.69, 9.17) is 9.47 Å². The van der Waals surface area contributed by atoms with Crippen molar-refractivity contribution in [2.45, 2.75) is 6.92 Å². The molecule has 4 nitrogen and oxygen atoms in total. The van der Waals surface area contributed by atoms with Gasteiger partial charge in [0.1, 0.15) is 0 Å². The van der Waals surface area contributed by atoms with Crippen LogP contribution in [0.5, 0.6) is 11.5 Å². The van der Waals surface area contributed by atoms with Gasteiger partial charge in [-0.05, 0) is 42.3 Å². The molecule has 0 atom stereocenters. The normalized spacial score (nSPS) is 11.0. The van der Waals surface area contributed by atoms with Gasteiger partial charge in [0.25, 0.3) is 0 Å². The second-order valence-electron chi connectivity index (χ2n) is 6.64. The molecule has 0 aromatic heterocycles. The molecule has 0 amide bonds. The van der Waals surface area contributed by atoms with Crippen molar-refractivity contribution in [3.8, 4) is 11.5 Å². The van der Waals surface area contributed by atoms with Crippen LogP contribution in [-0.2, 0) is 4.79 Å². The van der Waals surface area contributed by atoms with Crippen LogP contribution < -0.4 is 9.47 Å². The molecule has 0 saturated heterocycles. The number of ketones is 1. The van der Waals surface area contributed by atoms with Crippen LogP contribution >= 0.6 is 0 Å². The Kier molecular flexibility index (Phi) is 6.95. The van der Waals surface area contributed by atoms with E-state index < -0.39 is 5.97 Å². The highest BCUT2D eigenvalue weighted by Crippen LogP contribution is 2.29. The fourth-order valence-electron chi connectivity index (χ4n) is 2.73. The summed E-state index contributed by atoms with van der Waals surface area (Å²) in [6.45, 7) is 1.97. The molecule has 4 heteroatoms. The monoisotopic (exact) mass is 398 g/mol. The molecular weight excluding hydrogens is 376 g/mol. The fourth-order valence-corrected chi connectivity index (χ4v) is 2.73. The number of hydrogen-bond donors (Lipinski definition) is 0. The number of methoxy groups -OCH3 is 1. The van der Waals surface area contributed by atoms with E-state index in [1.54, 1.807) is 42.5 Å². The Hall–Kier alpha value is -3.92. The molecule has 0 heterocycles. The summed E-state index contributed by atoms with van der Waals surface area (Å²) in [6, 6.07) is 22.0. The Bertz CT molecular complexity index is 1080. The van der Waals surface area contributed by atoms with Gasteiger partial charge >= 0.3 is 5.97 Å². The van der Waals surface area contributed by atoms with Crippen molar-refractivity contribution in [3.63, 3.8) is 0 Å². The molecule has 3 rings (SSSR count). The zero-order valence-electron chi connectivity index (χ0n) is 16.9. The van der Waals surface area contributed by atoms with Crippen LogP contribution in [0.1, 0.15) is 27.0 Å². The van der Waals surface area contributed by atoms with E-state index in [-0.39, 0.29) is 5.78 Å². The average molecular weight is 398 g/mol. The SMILES string of the molecule is COc1cc(C=CC(=O)c2ccc(C)cc2)ccc1OC(=O)C=Cc1ccccc1. The van der Waals surface area contributed by atoms with E-state index in [9.17, 15) is 9.59 Å². The van der Waals surface area contributed by atoms with Crippen molar-refractivity contribution < 1.29 is 19.1 Å². The van der Waals surface area contributed by atoms with E-state index in [0.29, 0.717) is 17.1 Å². The van der Waals surface area contributed by atoms with Gasteiger partial charge in [0, 0.05) is 11.6 Å². The van der Waals surface area contributed by atoms with Gasteiger partial charge in [0.15, 0.2) is 17.3 Å². The molecule has 3 aromatic rings. The molecule has 0 N–H and O–H groups in total. The summed E-state index contributed by atoms with van der Waals surface area (Å²) >= 11 is 0. The van der Waals surface area contributed by atoms with Crippen LogP contribution in [0.4, 0.5) is 0 Å². The van der Waals surface area contributed by atoms with Crippen molar-refractivity contribution in [2.75, 3.05) is 7.11 Å². The third-order valence-electron chi connectivity index (χ3n) is 4.37.